The molecule has 0 heterocycles. The Morgan fingerprint density at radius 3 is 1.43 bits per heavy atom. The lowest BCUT2D eigenvalue weighted by Crippen LogP contribution is -1.97. The predicted molar refractivity (Wildman–Crippen MR) is 94.6 cm³/mol. The van der Waals surface area contributed by atoms with Gasteiger partial charge in [-0.3, -0.25) is 0 Å². The molecule has 0 radical (unpaired) electrons. The van der Waals surface area contributed by atoms with E-state index in [1.54, 1.807) is 0 Å². The number of aryl methyl sites for hydroxylation is 1. The van der Waals surface area contributed by atoms with Crippen molar-refractivity contribution in [2.24, 2.45) is 5.73 Å². The monoisotopic (exact) mass is 289 g/mol. The Labute approximate surface area is 132 Å². The number of unbranched alkanes of at least 4 members (excludes halogenated alkanes) is 11. The lowest BCUT2D eigenvalue weighted by atomic mass is 10.0. The Hall–Kier alpha value is -0.820. The van der Waals surface area contributed by atoms with E-state index in [0.717, 1.165) is 6.54 Å². The van der Waals surface area contributed by atoms with Gasteiger partial charge >= 0.3 is 0 Å². The number of hydrogen-bond acceptors (Lipinski definition) is 1. The molecule has 120 valence electrons. The molecule has 0 aliphatic heterocycles. The second-order valence-corrected chi connectivity index (χ2v) is 6.27. The van der Waals surface area contributed by atoms with Crippen LogP contribution in [0.1, 0.15) is 82.6 Å². The highest BCUT2D eigenvalue weighted by atomic mass is 14.5. The summed E-state index contributed by atoms with van der Waals surface area (Å²) < 4.78 is 0. The summed E-state index contributed by atoms with van der Waals surface area (Å²) in [5.74, 6) is 0. The van der Waals surface area contributed by atoms with Crippen LogP contribution in [-0.4, -0.2) is 6.54 Å². The molecule has 1 heteroatoms. The number of rotatable bonds is 14. The van der Waals surface area contributed by atoms with E-state index in [4.69, 9.17) is 5.73 Å². The van der Waals surface area contributed by atoms with Gasteiger partial charge in [0, 0.05) is 0 Å². The second-order valence-electron chi connectivity index (χ2n) is 6.27. The molecule has 0 aromatic heterocycles. The smallest absolute Gasteiger partial charge is 0.00773 e. The van der Waals surface area contributed by atoms with E-state index < -0.39 is 0 Å². The first-order chi connectivity index (χ1) is 10.4. The zero-order valence-electron chi connectivity index (χ0n) is 13.9. The van der Waals surface area contributed by atoms with Crippen molar-refractivity contribution in [1.82, 2.24) is 0 Å². The summed E-state index contributed by atoms with van der Waals surface area (Å²) in [5, 5.41) is 0. The van der Waals surface area contributed by atoms with E-state index in [1.165, 1.54) is 89.0 Å². The van der Waals surface area contributed by atoms with Gasteiger partial charge in [0.25, 0.3) is 0 Å². The Morgan fingerprint density at radius 2 is 0.952 bits per heavy atom. The molecule has 0 amide bonds. The molecule has 2 N–H and O–H groups in total. The maximum atomic E-state index is 5.49. The maximum absolute atomic E-state index is 5.49. The third-order valence-electron chi connectivity index (χ3n) is 4.26. The van der Waals surface area contributed by atoms with E-state index in [-0.39, 0.29) is 0 Å². The molecule has 0 unspecified atom stereocenters. The fraction of sp³-hybridized carbons (Fsp3) is 0.700. The minimum atomic E-state index is 0.865. The van der Waals surface area contributed by atoms with Crippen LogP contribution in [-0.2, 0) is 6.42 Å². The van der Waals surface area contributed by atoms with Gasteiger partial charge < -0.3 is 5.73 Å². The van der Waals surface area contributed by atoms with Gasteiger partial charge in [0.1, 0.15) is 0 Å². The molecule has 1 aromatic carbocycles. The average molecular weight is 290 g/mol. The molecule has 0 aliphatic rings. The van der Waals surface area contributed by atoms with Gasteiger partial charge in [-0.05, 0) is 31.4 Å². The average Bonchev–Trinajstić information content (AvgIpc) is 2.53. The first-order valence-electron chi connectivity index (χ1n) is 9.17. The molecule has 1 rings (SSSR count). The van der Waals surface area contributed by atoms with Crippen molar-refractivity contribution in [3.63, 3.8) is 0 Å². The first-order valence-corrected chi connectivity index (χ1v) is 9.17. The van der Waals surface area contributed by atoms with Crippen molar-refractivity contribution in [1.29, 1.82) is 0 Å². The topological polar surface area (TPSA) is 26.0 Å². The minimum absolute atomic E-state index is 0.865. The molecule has 21 heavy (non-hydrogen) atoms. The van der Waals surface area contributed by atoms with Gasteiger partial charge in [-0.1, -0.05) is 94.5 Å². The molecule has 0 spiro atoms. The summed E-state index contributed by atoms with van der Waals surface area (Å²) in [4.78, 5) is 0. The van der Waals surface area contributed by atoms with Gasteiger partial charge in [-0.2, -0.15) is 0 Å². The van der Waals surface area contributed by atoms with Gasteiger partial charge in [0.2, 0.25) is 0 Å². The highest BCUT2D eigenvalue weighted by Gasteiger charge is 1.95. The summed E-state index contributed by atoms with van der Waals surface area (Å²) in [6.45, 7) is 0.865. The summed E-state index contributed by atoms with van der Waals surface area (Å²) >= 11 is 0. The molecule has 0 saturated carbocycles. The fourth-order valence-electron chi connectivity index (χ4n) is 2.89. The van der Waals surface area contributed by atoms with Crippen LogP contribution in [0, 0.1) is 0 Å². The van der Waals surface area contributed by atoms with Crippen LogP contribution in [0.25, 0.3) is 0 Å². The summed E-state index contributed by atoms with van der Waals surface area (Å²) in [6.07, 6.45) is 17.9. The van der Waals surface area contributed by atoms with E-state index in [9.17, 15) is 0 Å². The van der Waals surface area contributed by atoms with Crippen molar-refractivity contribution in [3.05, 3.63) is 35.9 Å². The summed E-state index contributed by atoms with van der Waals surface area (Å²) in [5.41, 5.74) is 6.98. The van der Waals surface area contributed by atoms with E-state index in [0.29, 0.717) is 0 Å². The predicted octanol–water partition coefficient (Wildman–Crippen LogP) is 5.87. The summed E-state index contributed by atoms with van der Waals surface area (Å²) in [7, 11) is 0. The third kappa shape index (κ3) is 11.5. The van der Waals surface area contributed by atoms with Crippen LogP contribution in [0.3, 0.4) is 0 Å². The third-order valence-corrected chi connectivity index (χ3v) is 4.26. The molecule has 0 fully saturated rings. The highest BCUT2D eigenvalue weighted by molar-refractivity contribution is 5.14. The van der Waals surface area contributed by atoms with Crippen molar-refractivity contribution in [3.8, 4) is 0 Å². The second kappa shape index (κ2) is 14.1. The lowest BCUT2D eigenvalue weighted by molar-refractivity contribution is 0.541. The van der Waals surface area contributed by atoms with E-state index >= 15 is 0 Å². The van der Waals surface area contributed by atoms with Gasteiger partial charge in [0.05, 0.1) is 0 Å². The van der Waals surface area contributed by atoms with Crippen molar-refractivity contribution >= 4 is 0 Å². The van der Waals surface area contributed by atoms with Gasteiger partial charge in [-0.15, -0.1) is 0 Å². The van der Waals surface area contributed by atoms with Crippen molar-refractivity contribution in [2.45, 2.75) is 83.5 Å². The first kappa shape index (κ1) is 18.2. The molecular weight excluding hydrogens is 254 g/mol. The Bertz CT molecular complexity index is 307. The van der Waals surface area contributed by atoms with Crippen LogP contribution in [0.2, 0.25) is 0 Å². The number of benzene rings is 1. The maximum Gasteiger partial charge on any atom is -0.00773 e. The van der Waals surface area contributed by atoms with Gasteiger partial charge in [-0.25, -0.2) is 0 Å². The molecule has 0 bridgehead atoms. The number of nitrogens with two attached hydrogens (primary N) is 1. The SMILES string of the molecule is NCCCCCCCCCCCCCCc1ccccc1. The largest absolute Gasteiger partial charge is 0.330 e. The molecule has 0 aliphatic carbocycles. The van der Waals surface area contributed by atoms with E-state index in [2.05, 4.69) is 30.3 Å². The van der Waals surface area contributed by atoms with Crippen LogP contribution >= 0.6 is 0 Å². The molecule has 1 nitrogen and oxygen atoms in total. The van der Waals surface area contributed by atoms with Crippen LogP contribution in [0.4, 0.5) is 0 Å². The highest BCUT2D eigenvalue weighted by Crippen LogP contribution is 2.13. The zero-order chi connectivity index (χ0) is 15.0. The lowest BCUT2D eigenvalue weighted by Gasteiger charge is -2.03. The summed E-state index contributed by atoms with van der Waals surface area (Å²) in [6, 6.07) is 10.9. The fourth-order valence-corrected chi connectivity index (χ4v) is 2.89. The Kier molecular flexibility index (Phi) is 12.3. The van der Waals surface area contributed by atoms with Crippen molar-refractivity contribution < 1.29 is 0 Å². The van der Waals surface area contributed by atoms with Crippen molar-refractivity contribution in [2.75, 3.05) is 6.54 Å². The minimum Gasteiger partial charge on any atom is -0.330 e. The van der Waals surface area contributed by atoms with Crippen LogP contribution < -0.4 is 5.73 Å². The van der Waals surface area contributed by atoms with Crippen LogP contribution in [0.15, 0.2) is 30.3 Å². The standard InChI is InChI=1S/C20H35N/c21-19-15-10-8-6-4-2-1-3-5-7-9-12-16-20-17-13-11-14-18-20/h11,13-14,17-18H,1-10,12,15-16,19,21H2. The van der Waals surface area contributed by atoms with Gasteiger partial charge in [0.15, 0.2) is 0 Å². The normalized spacial score (nSPS) is 10.9. The molecule has 1 aromatic rings. The number of hydrogen-bond donors (Lipinski definition) is 1. The van der Waals surface area contributed by atoms with E-state index in [1.807, 2.05) is 0 Å². The Balaban J connectivity index is 1.75. The molecule has 0 atom stereocenters. The zero-order valence-corrected chi connectivity index (χ0v) is 13.9. The quantitative estimate of drug-likeness (QED) is 0.426. The Morgan fingerprint density at radius 1 is 0.524 bits per heavy atom. The molecular formula is C20H35N. The molecule has 0 saturated heterocycles. The van der Waals surface area contributed by atoms with Crippen LogP contribution in [0.5, 0.6) is 0 Å².